The van der Waals surface area contributed by atoms with Gasteiger partial charge in [-0.2, -0.15) is 0 Å². The first-order chi connectivity index (χ1) is 5.27. The lowest BCUT2D eigenvalue weighted by atomic mass is 10.3. The van der Waals surface area contributed by atoms with Crippen LogP contribution in [0.2, 0.25) is 0 Å². The minimum atomic E-state index is -1.16. The molecular formula is C7H6NO2S-. The van der Waals surface area contributed by atoms with Crippen molar-refractivity contribution in [3.8, 4) is 0 Å². The second kappa shape index (κ2) is 2.30. The van der Waals surface area contributed by atoms with E-state index in [1.165, 1.54) is 0 Å². The number of thiazole rings is 1. The third-order valence-corrected chi connectivity index (χ3v) is 2.53. The van der Waals surface area contributed by atoms with Gasteiger partial charge >= 0.3 is 0 Å². The van der Waals surface area contributed by atoms with Crippen molar-refractivity contribution in [2.75, 3.05) is 0 Å². The van der Waals surface area contributed by atoms with Gasteiger partial charge in [-0.25, -0.2) is 4.98 Å². The van der Waals surface area contributed by atoms with Crippen LogP contribution in [0.3, 0.4) is 0 Å². The fraction of sp³-hybridized carbons (Fsp3) is 0.429. The first-order valence-electron chi connectivity index (χ1n) is 3.44. The molecule has 0 atom stereocenters. The molecule has 4 heteroatoms. The number of nitrogens with zero attached hydrogens (tertiary/aromatic N) is 1. The van der Waals surface area contributed by atoms with Crippen molar-refractivity contribution in [1.82, 2.24) is 4.98 Å². The summed E-state index contributed by atoms with van der Waals surface area (Å²) < 4.78 is 0. The minimum Gasteiger partial charge on any atom is -0.542 e. The lowest BCUT2D eigenvalue weighted by molar-refractivity contribution is -0.255. The van der Waals surface area contributed by atoms with E-state index in [0.29, 0.717) is 5.92 Å². The van der Waals surface area contributed by atoms with E-state index in [1.807, 2.05) is 5.38 Å². The monoisotopic (exact) mass is 168 g/mol. The third kappa shape index (κ3) is 1.26. The number of carboxylic acids is 1. The van der Waals surface area contributed by atoms with E-state index in [-0.39, 0.29) is 5.01 Å². The van der Waals surface area contributed by atoms with Gasteiger partial charge in [0.1, 0.15) is 11.0 Å². The molecular weight excluding hydrogens is 162 g/mol. The standard InChI is InChI=1S/C7H7NO2S/c9-7(10)6-8-5(3-11-6)4-1-2-4/h3-4H,1-2H2,(H,9,10)/p-1. The van der Waals surface area contributed by atoms with Gasteiger partial charge in [0.15, 0.2) is 0 Å². The summed E-state index contributed by atoms with van der Waals surface area (Å²) in [5.74, 6) is -0.638. The summed E-state index contributed by atoms with van der Waals surface area (Å²) in [5, 5.41) is 12.2. The SMILES string of the molecule is O=C([O-])c1nc(C2CC2)cs1. The normalized spacial score (nSPS) is 16.7. The van der Waals surface area contributed by atoms with Crippen LogP contribution in [0.25, 0.3) is 0 Å². The highest BCUT2D eigenvalue weighted by atomic mass is 32.1. The zero-order valence-corrected chi connectivity index (χ0v) is 6.56. The van der Waals surface area contributed by atoms with Crippen LogP contribution in [0, 0.1) is 0 Å². The molecule has 0 unspecified atom stereocenters. The predicted octanol–water partition coefficient (Wildman–Crippen LogP) is 0.384. The highest BCUT2D eigenvalue weighted by molar-refractivity contribution is 7.11. The predicted molar refractivity (Wildman–Crippen MR) is 38.4 cm³/mol. The van der Waals surface area contributed by atoms with Gasteiger partial charge in [-0.1, -0.05) is 0 Å². The molecule has 0 radical (unpaired) electrons. The smallest absolute Gasteiger partial charge is 0.139 e. The van der Waals surface area contributed by atoms with Crippen LogP contribution in [0.1, 0.15) is 34.3 Å². The van der Waals surface area contributed by atoms with Crippen molar-refractivity contribution >= 4 is 17.3 Å². The Balaban J connectivity index is 2.25. The molecule has 1 fully saturated rings. The average Bonchev–Trinajstić information content (AvgIpc) is 2.68. The molecule has 0 bridgehead atoms. The Morgan fingerprint density at radius 1 is 1.73 bits per heavy atom. The molecule has 2 rings (SSSR count). The van der Waals surface area contributed by atoms with Crippen molar-refractivity contribution in [3.05, 3.63) is 16.1 Å². The molecule has 1 heterocycles. The molecule has 0 spiro atoms. The number of rotatable bonds is 2. The highest BCUT2D eigenvalue weighted by Gasteiger charge is 2.25. The van der Waals surface area contributed by atoms with E-state index in [0.717, 1.165) is 29.9 Å². The average molecular weight is 168 g/mol. The van der Waals surface area contributed by atoms with E-state index in [1.54, 1.807) is 0 Å². The zero-order chi connectivity index (χ0) is 7.84. The van der Waals surface area contributed by atoms with E-state index in [4.69, 9.17) is 0 Å². The molecule has 3 nitrogen and oxygen atoms in total. The van der Waals surface area contributed by atoms with Gasteiger partial charge < -0.3 is 9.90 Å². The number of hydrogen-bond acceptors (Lipinski definition) is 4. The summed E-state index contributed by atoms with van der Waals surface area (Å²) >= 11 is 1.15. The van der Waals surface area contributed by atoms with Gasteiger partial charge in [-0.3, -0.25) is 0 Å². The molecule has 0 saturated heterocycles. The van der Waals surface area contributed by atoms with Crippen LogP contribution >= 0.6 is 11.3 Å². The second-order valence-electron chi connectivity index (χ2n) is 2.64. The molecule has 1 aliphatic carbocycles. The Hall–Kier alpha value is -0.900. The van der Waals surface area contributed by atoms with Gasteiger partial charge in [-0.05, 0) is 12.8 Å². The summed E-state index contributed by atoms with van der Waals surface area (Å²) in [5.41, 5.74) is 0.925. The van der Waals surface area contributed by atoms with Crippen molar-refractivity contribution in [1.29, 1.82) is 0 Å². The number of carbonyl (C=O) groups is 1. The van der Waals surface area contributed by atoms with Gasteiger partial charge in [-0.15, -0.1) is 11.3 Å². The summed E-state index contributed by atoms with van der Waals surface area (Å²) in [6, 6.07) is 0. The number of hydrogen-bond donors (Lipinski definition) is 0. The maximum Gasteiger partial charge on any atom is 0.139 e. The van der Waals surface area contributed by atoms with Crippen LogP contribution in [-0.4, -0.2) is 11.0 Å². The molecule has 1 saturated carbocycles. The van der Waals surface area contributed by atoms with Crippen LogP contribution in [0.4, 0.5) is 0 Å². The molecule has 0 aromatic carbocycles. The Morgan fingerprint density at radius 2 is 2.45 bits per heavy atom. The highest BCUT2D eigenvalue weighted by Crippen LogP contribution is 2.39. The number of aromatic carboxylic acids is 1. The fourth-order valence-electron chi connectivity index (χ4n) is 0.947. The molecule has 1 aliphatic rings. The van der Waals surface area contributed by atoms with Crippen LogP contribution < -0.4 is 5.11 Å². The fourth-order valence-corrected chi connectivity index (χ4v) is 1.68. The Labute approximate surface area is 67.7 Å². The van der Waals surface area contributed by atoms with Crippen molar-refractivity contribution in [3.63, 3.8) is 0 Å². The molecule has 0 N–H and O–H groups in total. The number of carbonyl (C=O) groups excluding carboxylic acids is 1. The Morgan fingerprint density at radius 3 is 2.91 bits per heavy atom. The minimum absolute atomic E-state index is 0.104. The van der Waals surface area contributed by atoms with E-state index < -0.39 is 5.97 Å². The summed E-state index contributed by atoms with van der Waals surface area (Å²) in [4.78, 5) is 14.2. The molecule has 1 aromatic heterocycles. The Kier molecular flexibility index (Phi) is 1.42. The van der Waals surface area contributed by atoms with Crippen LogP contribution in [0.5, 0.6) is 0 Å². The van der Waals surface area contributed by atoms with Gasteiger partial charge in [0.25, 0.3) is 0 Å². The molecule has 0 aliphatic heterocycles. The Bertz CT molecular complexity index is 290. The van der Waals surface area contributed by atoms with Crippen LogP contribution in [0.15, 0.2) is 5.38 Å². The quantitative estimate of drug-likeness (QED) is 0.641. The maximum absolute atomic E-state index is 10.3. The third-order valence-electron chi connectivity index (χ3n) is 1.69. The summed E-state index contributed by atoms with van der Waals surface area (Å²) in [6.45, 7) is 0. The topological polar surface area (TPSA) is 53.0 Å². The lowest BCUT2D eigenvalue weighted by Crippen LogP contribution is -2.21. The molecule has 58 valence electrons. The van der Waals surface area contributed by atoms with Gasteiger partial charge in [0.05, 0.1) is 5.69 Å². The van der Waals surface area contributed by atoms with Gasteiger partial charge in [0, 0.05) is 11.3 Å². The maximum atomic E-state index is 10.3. The second-order valence-corrected chi connectivity index (χ2v) is 3.50. The van der Waals surface area contributed by atoms with Crippen molar-refractivity contribution < 1.29 is 9.90 Å². The molecule has 1 aromatic rings. The lowest BCUT2D eigenvalue weighted by Gasteiger charge is -1.92. The zero-order valence-electron chi connectivity index (χ0n) is 5.74. The molecule has 0 amide bonds. The van der Waals surface area contributed by atoms with Crippen molar-refractivity contribution in [2.24, 2.45) is 0 Å². The first kappa shape index (κ1) is 6.79. The van der Waals surface area contributed by atoms with Gasteiger partial charge in [0.2, 0.25) is 0 Å². The van der Waals surface area contributed by atoms with E-state index >= 15 is 0 Å². The molecule has 11 heavy (non-hydrogen) atoms. The first-order valence-corrected chi connectivity index (χ1v) is 4.32. The summed E-state index contributed by atoms with van der Waals surface area (Å²) in [7, 11) is 0. The largest absolute Gasteiger partial charge is 0.542 e. The van der Waals surface area contributed by atoms with E-state index in [9.17, 15) is 9.90 Å². The van der Waals surface area contributed by atoms with Crippen molar-refractivity contribution in [2.45, 2.75) is 18.8 Å². The van der Waals surface area contributed by atoms with Crippen LogP contribution in [-0.2, 0) is 0 Å². The van der Waals surface area contributed by atoms with E-state index in [2.05, 4.69) is 4.98 Å². The number of aromatic nitrogens is 1. The number of carboxylic acid groups (broad SMARTS) is 1. The summed E-state index contributed by atoms with van der Waals surface area (Å²) in [6.07, 6.45) is 2.30.